The SMILES string of the molecule is C=Cc1ccc(I)nc1C=C. The van der Waals surface area contributed by atoms with Crippen LogP contribution in [-0.4, -0.2) is 4.98 Å². The van der Waals surface area contributed by atoms with Crippen molar-refractivity contribution in [2.45, 2.75) is 0 Å². The second kappa shape index (κ2) is 3.67. The Morgan fingerprint density at radius 3 is 2.55 bits per heavy atom. The highest BCUT2D eigenvalue weighted by Gasteiger charge is 1.96. The van der Waals surface area contributed by atoms with Gasteiger partial charge in [-0.05, 0) is 40.3 Å². The van der Waals surface area contributed by atoms with Gasteiger partial charge in [-0.1, -0.05) is 25.3 Å². The number of hydrogen-bond acceptors (Lipinski definition) is 1. The number of aromatic nitrogens is 1. The van der Waals surface area contributed by atoms with E-state index in [0.717, 1.165) is 15.0 Å². The molecule has 0 unspecified atom stereocenters. The molecule has 0 radical (unpaired) electrons. The van der Waals surface area contributed by atoms with E-state index >= 15 is 0 Å². The van der Waals surface area contributed by atoms with E-state index in [1.54, 1.807) is 12.2 Å². The average Bonchev–Trinajstić information content (AvgIpc) is 2.04. The molecule has 56 valence electrons. The normalized spacial score (nSPS) is 9.18. The fourth-order valence-corrected chi connectivity index (χ4v) is 1.24. The topological polar surface area (TPSA) is 12.9 Å². The second-order valence-corrected chi connectivity index (χ2v) is 3.12. The predicted octanol–water partition coefficient (Wildman–Crippen LogP) is 2.97. The third-order valence-corrected chi connectivity index (χ3v) is 1.94. The van der Waals surface area contributed by atoms with Crippen LogP contribution >= 0.6 is 22.6 Å². The second-order valence-electron chi connectivity index (χ2n) is 2.02. The molecule has 0 atom stereocenters. The van der Waals surface area contributed by atoms with Gasteiger partial charge in [-0.3, -0.25) is 0 Å². The van der Waals surface area contributed by atoms with Crippen LogP contribution in [-0.2, 0) is 0 Å². The zero-order valence-electron chi connectivity index (χ0n) is 6.05. The summed E-state index contributed by atoms with van der Waals surface area (Å²) in [5, 5.41) is 0. The van der Waals surface area contributed by atoms with Crippen molar-refractivity contribution in [1.29, 1.82) is 0 Å². The van der Waals surface area contributed by atoms with Gasteiger partial charge in [-0.25, -0.2) is 4.98 Å². The van der Waals surface area contributed by atoms with Gasteiger partial charge in [0.25, 0.3) is 0 Å². The predicted molar refractivity (Wildman–Crippen MR) is 57.1 cm³/mol. The average molecular weight is 257 g/mol. The van der Waals surface area contributed by atoms with Crippen molar-refractivity contribution < 1.29 is 0 Å². The molecule has 1 nitrogen and oxygen atoms in total. The smallest absolute Gasteiger partial charge is 0.102 e. The number of halogens is 1. The molecule has 0 saturated carbocycles. The molecule has 1 rings (SSSR count). The van der Waals surface area contributed by atoms with Gasteiger partial charge in [0.05, 0.1) is 5.69 Å². The monoisotopic (exact) mass is 257 g/mol. The molecular weight excluding hydrogens is 249 g/mol. The summed E-state index contributed by atoms with van der Waals surface area (Å²) in [4.78, 5) is 4.26. The summed E-state index contributed by atoms with van der Waals surface area (Å²) in [6, 6.07) is 3.93. The van der Waals surface area contributed by atoms with Crippen molar-refractivity contribution in [3.8, 4) is 0 Å². The molecule has 2 heteroatoms. The van der Waals surface area contributed by atoms with Crippen LogP contribution in [0.5, 0.6) is 0 Å². The molecule has 1 aromatic heterocycles. The third kappa shape index (κ3) is 1.89. The molecule has 0 aliphatic heterocycles. The molecule has 1 heterocycles. The minimum atomic E-state index is 0.895. The molecule has 0 spiro atoms. The van der Waals surface area contributed by atoms with Gasteiger partial charge in [0.2, 0.25) is 0 Å². The summed E-state index contributed by atoms with van der Waals surface area (Å²) in [6.45, 7) is 7.35. The maximum absolute atomic E-state index is 4.26. The van der Waals surface area contributed by atoms with Crippen LogP contribution in [0.1, 0.15) is 11.3 Å². The summed E-state index contributed by atoms with van der Waals surface area (Å²) < 4.78 is 0.975. The molecule has 1 aromatic rings. The molecular formula is C9H8IN. The molecule has 0 amide bonds. The van der Waals surface area contributed by atoms with E-state index in [2.05, 4.69) is 40.7 Å². The largest absolute Gasteiger partial charge is 0.242 e. The summed E-state index contributed by atoms with van der Waals surface area (Å²) in [5.74, 6) is 0. The Morgan fingerprint density at radius 1 is 1.27 bits per heavy atom. The minimum absolute atomic E-state index is 0.895. The minimum Gasteiger partial charge on any atom is -0.242 e. The highest BCUT2D eigenvalue weighted by atomic mass is 127. The van der Waals surface area contributed by atoms with Gasteiger partial charge < -0.3 is 0 Å². The lowest BCUT2D eigenvalue weighted by Crippen LogP contribution is -1.87. The van der Waals surface area contributed by atoms with E-state index in [1.807, 2.05) is 12.1 Å². The van der Waals surface area contributed by atoms with E-state index in [-0.39, 0.29) is 0 Å². The lowest BCUT2D eigenvalue weighted by molar-refractivity contribution is 1.23. The number of pyridine rings is 1. The van der Waals surface area contributed by atoms with E-state index in [1.165, 1.54) is 0 Å². The Labute approximate surface area is 80.0 Å². The molecule has 0 bridgehead atoms. The van der Waals surface area contributed by atoms with Crippen LogP contribution in [0.3, 0.4) is 0 Å². The van der Waals surface area contributed by atoms with Crippen molar-refractivity contribution >= 4 is 34.7 Å². The van der Waals surface area contributed by atoms with Crippen molar-refractivity contribution in [3.63, 3.8) is 0 Å². The van der Waals surface area contributed by atoms with Gasteiger partial charge in [0.1, 0.15) is 3.70 Å². The standard InChI is InChI=1S/C9H8IN/c1-3-7-5-6-9(10)11-8(7)4-2/h3-6H,1-2H2. The lowest BCUT2D eigenvalue weighted by Gasteiger charge is -1.98. The highest BCUT2D eigenvalue weighted by molar-refractivity contribution is 14.1. The molecule has 0 saturated heterocycles. The summed E-state index contributed by atoms with van der Waals surface area (Å²) >= 11 is 2.17. The first-order valence-corrected chi connectivity index (χ1v) is 4.27. The third-order valence-electron chi connectivity index (χ3n) is 1.34. The first kappa shape index (κ1) is 8.46. The van der Waals surface area contributed by atoms with Gasteiger partial charge in [0, 0.05) is 0 Å². The number of rotatable bonds is 2. The van der Waals surface area contributed by atoms with Crippen LogP contribution in [0.2, 0.25) is 0 Å². The fraction of sp³-hybridized carbons (Fsp3) is 0. The van der Waals surface area contributed by atoms with E-state index in [9.17, 15) is 0 Å². The van der Waals surface area contributed by atoms with Crippen LogP contribution in [0.15, 0.2) is 25.3 Å². The van der Waals surface area contributed by atoms with Crippen LogP contribution in [0.25, 0.3) is 12.2 Å². The molecule has 0 fully saturated rings. The molecule has 0 aromatic carbocycles. The first-order chi connectivity index (χ1) is 5.27. The maximum atomic E-state index is 4.26. The highest BCUT2D eigenvalue weighted by Crippen LogP contribution is 2.11. The first-order valence-electron chi connectivity index (χ1n) is 3.19. The van der Waals surface area contributed by atoms with Crippen molar-refractivity contribution in [2.24, 2.45) is 0 Å². The fourth-order valence-electron chi connectivity index (χ4n) is 0.797. The van der Waals surface area contributed by atoms with Crippen molar-refractivity contribution in [3.05, 3.63) is 40.2 Å². The summed E-state index contributed by atoms with van der Waals surface area (Å²) in [6.07, 6.45) is 3.51. The van der Waals surface area contributed by atoms with Crippen molar-refractivity contribution in [1.82, 2.24) is 4.98 Å². The molecule has 11 heavy (non-hydrogen) atoms. The van der Waals surface area contributed by atoms with Gasteiger partial charge in [0.15, 0.2) is 0 Å². The Bertz CT molecular complexity index is 292. The Kier molecular flexibility index (Phi) is 2.82. The number of hydrogen-bond donors (Lipinski definition) is 0. The van der Waals surface area contributed by atoms with E-state index in [0.29, 0.717) is 0 Å². The maximum Gasteiger partial charge on any atom is 0.102 e. The Morgan fingerprint density at radius 2 is 2.00 bits per heavy atom. The lowest BCUT2D eigenvalue weighted by atomic mass is 10.2. The van der Waals surface area contributed by atoms with E-state index < -0.39 is 0 Å². The van der Waals surface area contributed by atoms with Gasteiger partial charge in [-0.15, -0.1) is 0 Å². The van der Waals surface area contributed by atoms with E-state index in [4.69, 9.17) is 0 Å². The zero-order valence-corrected chi connectivity index (χ0v) is 8.21. The van der Waals surface area contributed by atoms with Crippen LogP contribution in [0.4, 0.5) is 0 Å². The Hall–Kier alpha value is -0.640. The van der Waals surface area contributed by atoms with Gasteiger partial charge in [-0.2, -0.15) is 0 Å². The quantitative estimate of drug-likeness (QED) is 0.586. The van der Waals surface area contributed by atoms with Crippen molar-refractivity contribution in [2.75, 3.05) is 0 Å². The summed E-state index contributed by atoms with van der Waals surface area (Å²) in [7, 11) is 0. The summed E-state index contributed by atoms with van der Waals surface area (Å²) in [5.41, 5.74) is 1.92. The van der Waals surface area contributed by atoms with Crippen LogP contribution in [0, 0.1) is 3.70 Å². The zero-order chi connectivity index (χ0) is 8.27. The molecule has 0 aliphatic rings. The number of nitrogens with zero attached hydrogens (tertiary/aromatic N) is 1. The van der Waals surface area contributed by atoms with Crippen LogP contribution < -0.4 is 0 Å². The molecule has 0 aliphatic carbocycles. The van der Waals surface area contributed by atoms with Gasteiger partial charge >= 0.3 is 0 Å². The molecule has 0 N–H and O–H groups in total. The Balaban J connectivity index is 3.26.